The van der Waals surface area contributed by atoms with E-state index in [4.69, 9.17) is 10.5 Å². The summed E-state index contributed by atoms with van der Waals surface area (Å²) < 4.78 is 73.5. The summed E-state index contributed by atoms with van der Waals surface area (Å²) in [5.74, 6) is -5.26. The van der Waals surface area contributed by atoms with Gasteiger partial charge in [0.15, 0.2) is 0 Å². The van der Waals surface area contributed by atoms with Crippen LogP contribution in [0.2, 0.25) is 0 Å². The van der Waals surface area contributed by atoms with Crippen molar-refractivity contribution in [2.45, 2.75) is 16.3 Å². The molecule has 6 aromatic carbocycles. The maximum atomic E-state index is 13.7. The largest absolute Gasteiger partial charge is 1.00 e. The van der Waals surface area contributed by atoms with E-state index < -0.39 is 76.3 Å². The van der Waals surface area contributed by atoms with Gasteiger partial charge in [0.05, 0.1) is 40.2 Å². The number of hydrogen-bond donors (Lipinski definition) is 3. The number of rotatable bonds is 11. The third-order valence-electron chi connectivity index (χ3n) is 9.30. The maximum Gasteiger partial charge on any atom is 1.00 e. The fraction of sp³-hybridized carbons (Fsp3) is 0.0244. The number of benzene rings is 6. The first-order chi connectivity index (χ1) is 27.4. The number of carbonyl (C=O) groups is 4. The Bertz CT molecular complexity index is 2940. The molecule has 19 heteroatoms. The van der Waals surface area contributed by atoms with E-state index in [1.54, 1.807) is 48.5 Å². The van der Waals surface area contributed by atoms with Crippen molar-refractivity contribution in [3.8, 4) is 22.6 Å². The Hall–Kier alpha value is -5.18. The van der Waals surface area contributed by atoms with Crippen molar-refractivity contribution in [2.24, 2.45) is 0 Å². The first-order valence-corrected chi connectivity index (χ1v) is 19.7. The van der Waals surface area contributed by atoms with Crippen LogP contribution in [0, 0.1) is 0 Å². The predicted octanol–water partition coefficient (Wildman–Crippen LogP) is -1.92. The first-order valence-electron chi connectivity index (χ1n) is 16.8. The van der Waals surface area contributed by atoms with Gasteiger partial charge in [0.1, 0.15) is 16.4 Å². The van der Waals surface area contributed by atoms with Crippen molar-refractivity contribution in [1.29, 1.82) is 0 Å². The molecule has 7 rings (SSSR count). The Morgan fingerprint density at radius 2 is 1.17 bits per heavy atom. The first kappa shape index (κ1) is 45.9. The molecule has 6 aromatic rings. The van der Waals surface area contributed by atoms with Crippen LogP contribution in [-0.2, 0) is 26.8 Å². The van der Waals surface area contributed by atoms with Crippen molar-refractivity contribution in [2.75, 3.05) is 5.73 Å². The van der Waals surface area contributed by atoms with E-state index >= 15 is 0 Å². The maximum absolute atomic E-state index is 13.7. The molecule has 0 spiro atoms. The third-order valence-corrected chi connectivity index (χ3v) is 11.0. The van der Waals surface area contributed by atoms with Crippen LogP contribution >= 0.6 is 0 Å². The van der Waals surface area contributed by atoms with Crippen LogP contribution in [0.15, 0.2) is 119 Å². The Kier molecular flexibility index (Phi) is 13.6. The van der Waals surface area contributed by atoms with Crippen LogP contribution < -0.4 is 79.8 Å². The second-order valence-corrected chi connectivity index (χ2v) is 15.8. The third kappa shape index (κ3) is 9.25. The second-order valence-electron chi connectivity index (χ2n) is 13.0. The summed E-state index contributed by atoms with van der Waals surface area (Å²) in [6.07, 6.45) is 3.67. The number of aromatic carboxylic acids is 2. The fourth-order valence-electron chi connectivity index (χ4n) is 6.46. The van der Waals surface area contributed by atoms with E-state index in [1.807, 2.05) is 36.4 Å². The standard InChI is InChI=1S/C41H28N2O13S2.2Na/c42-36-31-18-28(57(50,51)52)19-32-35(31)33(20-34(36)58(53,54)55)39(45)43(38(32)44)21-24-8-14-26(15-9-24)25-12-6-22(7-13-25)4-5-23-10-16-27(17-11-23)56-37-29(40(46)47)2-1-3-30(37)41(48)49;;/h1-20H,21,42H2,(H,46,47)(H,48,49)(H,50,51,52)(H,53,54,55);;/q;2*+1/p-2/b5-4+;;. The SMILES string of the molecule is Nc1c(S(=O)(=O)O)cc2c3c(cc(S(=O)(=O)O)cc13)C(=O)N(Cc1ccc(-c3ccc(/C=C/c4ccc(Oc5c(C(=O)[O-])cccc5C(=O)[O-])cc4)cc3)cc1)C2=O.[Na+].[Na+]. The molecule has 4 N–H and O–H groups in total. The van der Waals surface area contributed by atoms with Crippen LogP contribution in [0.5, 0.6) is 11.5 Å². The van der Waals surface area contributed by atoms with Crippen LogP contribution in [0.25, 0.3) is 34.1 Å². The van der Waals surface area contributed by atoms with Crippen LogP contribution in [0.3, 0.4) is 0 Å². The molecular formula is C41H26N2Na2O13S2. The molecule has 0 atom stereocenters. The zero-order valence-electron chi connectivity index (χ0n) is 31.5. The van der Waals surface area contributed by atoms with Gasteiger partial charge in [-0.1, -0.05) is 78.9 Å². The minimum Gasteiger partial charge on any atom is -0.545 e. The number of carbonyl (C=O) groups excluding carboxylic acids is 4. The minimum absolute atomic E-state index is 0. The minimum atomic E-state index is -5.01. The van der Waals surface area contributed by atoms with E-state index in [1.165, 1.54) is 18.2 Å². The Balaban J connectivity index is 0.00000341. The van der Waals surface area contributed by atoms with Gasteiger partial charge in [0, 0.05) is 21.9 Å². The van der Waals surface area contributed by atoms with Crippen LogP contribution in [0.4, 0.5) is 5.69 Å². The average Bonchev–Trinajstić information content (AvgIpc) is 3.18. The van der Waals surface area contributed by atoms with Crippen molar-refractivity contribution < 1.29 is 119 Å². The van der Waals surface area contributed by atoms with Gasteiger partial charge < -0.3 is 30.3 Å². The van der Waals surface area contributed by atoms with Crippen LogP contribution in [-0.4, -0.2) is 54.6 Å². The zero-order chi connectivity index (χ0) is 41.7. The molecule has 1 heterocycles. The average molecular weight is 865 g/mol. The Morgan fingerprint density at radius 3 is 1.65 bits per heavy atom. The number of carboxylic acid groups (broad SMARTS) is 2. The molecule has 0 saturated heterocycles. The van der Waals surface area contributed by atoms with Gasteiger partial charge in [-0.2, -0.15) is 16.8 Å². The van der Waals surface area contributed by atoms with E-state index in [2.05, 4.69) is 0 Å². The van der Waals surface area contributed by atoms with Gasteiger partial charge in [0.25, 0.3) is 32.1 Å². The van der Waals surface area contributed by atoms with E-state index in [0.29, 0.717) is 5.56 Å². The normalized spacial score (nSPS) is 12.5. The summed E-state index contributed by atoms with van der Waals surface area (Å²) in [6, 6.07) is 26.9. The monoisotopic (exact) mass is 864 g/mol. The number of nitrogens with zero attached hydrogens (tertiary/aromatic N) is 1. The van der Waals surface area contributed by atoms with Gasteiger partial charge in [-0.15, -0.1) is 0 Å². The molecule has 0 fully saturated rings. The van der Waals surface area contributed by atoms with Crippen LogP contribution in [0.1, 0.15) is 58.1 Å². The van der Waals surface area contributed by atoms with E-state index in [-0.39, 0.29) is 93.3 Å². The number of amides is 2. The molecule has 0 bridgehead atoms. The number of hydrogen-bond acceptors (Lipinski definition) is 12. The molecule has 15 nitrogen and oxygen atoms in total. The molecule has 60 heavy (non-hydrogen) atoms. The molecule has 1 aliphatic rings. The summed E-state index contributed by atoms with van der Waals surface area (Å²) >= 11 is 0. The molecule has 0 aliphatic carbocycles. The molecule has 292 valence electrons. The van der Waals surface area contributed by atoms with Gasteiger partial charge >= 0.3 is 59.1 Å². The number of para-hydroxylation sites is 1. The molecule has 2 amide bonds. The molecule has 1 aliphatic heterocycles. The number of nitrogen functional groups attached to an aromatic ring is 1. The van der Waals surface area contributed by atoms with Gasteiger partial charge in [-0.05, 0) is 70.3 Å². The number of ether oxygens (including phenoxy) is 1. The molecule has 0 unspecified atom stereocenters. The van der Waals surface area contributed by atoms with Crippen molar-refractivity contribution >= 4 is 72.6 Å². The smallest absolute Gasteiger partial charge is 0.545 e. The Morgan fingerprint density at radius 1 is 0.683 bits per heavy atom. The molecule has 0 radical (unpaired) electrons. The number of anilines is 1. The summed E-state index contributed by atoms with van der Waals surface area (Å²) in [5, 5.41) is 22.6. The molecular weight excluding hydrogens is 839 g/mol. The summed E-state index contributed by atoms with van der Waals surface area (Å²) in [4.78, 5) is 49.5. The number of nitrogens with two attached hydrogens (primary N) is 1. The van der Waals surface area contributed by atoms with Crippen molar-refractivity contribution in [3.63, 3.8) is 0 Å². The van der Waals surface area contributed by atoms with Gasteiger partial charge in [0.2, 0.25) is 0 Å². The van der Waals surface area contributed by atoms with Crippen molar-refractivity contribution in [3.05, 3.63) is 148 Å². The number of carboxylic acids is 2. The fourth-order valence-corrected chi connectivity index (χ4v) is 7.64. The quantitative estimate of drug-likeness (QED) is 0.0422. The molecule has 0 aromatic heterocycles. The van der Waals surface area contributed by atoms with Gasteiger partial charge in [-0.25, -0.2) is 0 Å². The predicted molar refractivity (Wildman–Crippen MR) is 205 cm³/mol. The van der Waals surface area contributed by atoms with Crippen molar-refractivity contribution in [1.82, 2.24) is 4.90 Å². The second kappa shape index (κ2) is 17.8. The van der Waals surface area contributed by atoms with Gasteiger partial charge in [-0.3, -0.25) is 23.6 Å². The molecule has 0 saturated carbocycles. The van der Waals surface area contributed by atoms with E-state index in [9.17, 15) is 55.3 Å². The topological polar surface area (TPSA) is 262 Å². The summed E-state index contributed by atoms with van der Waals surface area (Å²) in [7, 11) is -9.93. The number of imide groups is 1. The van der Waals surface area contributed by atoms with E-state index in [0.717, 1.165) is 45.4 Å². The Labute approximate surface area is 386 Å². The summed E-state index contributed by atoms with van der Waals surface area (Å²) in [5.41, 5.74) is 7.52. The zero-order valence-corrected chi connectivity index (χ0v) is 37.1. The summed E-state index contributed by atoms with van der Waals surface area (Å²) in [6.45, 7) is -0.300.